The van der Waals surface area contributed by atoms with E-state index < -0.39 is 12.8 Å². The highest BCUT2D eigenvalue weighted by atomic mass is 19.4. The van der Waals surface area contributed by atoms with Crippen LogP contribution in [0.25, 0.3) is 0 Å². The number of hydrogen-bond acceptors (Lipinski definition) is 6. The van der Waals surface area contributed by atoms with Crippen LogP contribution in [0.3, 0.4) is 0 Å². The van der Waals surface area contributed by atoms with Crippen LogP contribution in [-0.4, -0.2) is 59.9 Å². The summed E-state index contributed by atoms with van der Waals surface area (Å²) < 4.78 is 41.8. The van der Waals surface area contributed by atoms with Crippen LogP contribution in [-0.2, 0) is 0 Å². The Morgan fingerprint density at radius 1 is 1.32 bits per heavy atom. The summed E-state index contributed by atoms with van der Waals surface area (Å²) in [5, 5.41) is 6.69. The Morgan fingerprint density at radius 3 is 3.00 bits per heavy atom. The molecule has 4 rings (SSSR count). The number of aryl methyl sites for hydroxylation is 1. The van der Waals surface area contributed by atoms with Crippen molar-refractivity contribution < 1.29 is 17.9 Å². The van der Waals surface area contributed by atoms with Crippen molar-refractivity contribution in [3.63, 3.8) is 0 Å². The van der Waals surface area contributed by atoms with Gasteiger partial charge in [0, 0.05) is 55.6 Å². The third kappa shape index (κ3) is 4.47. The lowest BCUT2D eigenvalue weighted by Crippen LogP contribution is -2.57. The maximum absolute atomic E-state index is 12.4. The summed E-state index contributed by atoms with van der Waals surface area (Å²) in [6, 6.07) is 1.96. The number of nitrogens with one attached hydrogen (secondary N) is 2. The van der Waals surface area contributed by atoms with Crippen molar-refractivity contribution in [3.8, 4) is 6.01 Å². The Labute approximate surface area is 161 Å². The van der Waals surface area contributed by atoms with E-state index in [0.717, 1.165) is 44.7 Å². The SMILES string of the molecule is Cc1cc(NC2=CCC3C(=C2)CCN2CCNC[C@@H]32)nc(OCC(F)(F)F)n1. The summed E-state index contributed by atoms with van der Waals surface area (Å²) in [7, 11) is 0. The van der Waals surface area contributed by atoms with E-state index in [9.17, 15) is 13.2 Å². The van der Waals surface area contributed by atoms with Crippen molar-refractivity contribution >= 4 is 5.82 Å². The predicted molar refractivity (Wildman–Crippen MR) is 99.1 cm³/mol. The molecule has 0 amide bonds. The van der Waals surface area contributed by atoms with Gasteiger partial charge in [-0.3, -0.25) is 4.90 Å². The predicted octanol–water partition coefficient (Wildman–Crippen LogP) is 2.65. The van der Waals surface area contributed by atoms with Crippen molar-refractivity contribution in [1.29, 1.82) is 0 Å². The summed E-state index contributed by atoms with van der Waals surface area (Å²) in [6.07, 6.45) is 1.87. The molecule has 2 N–H and O–H groups in total. The number of alkyl halides is 3. The van der Waals surface area contributed by atoms with E-state index in [4.69, 9.17) is 4.74 Å². The molecule has 3 aliphatic rings. The Balaban J connectivity index is 1.44. The molecule has 0 saturated carbocycles. The molecule has 1 unspecified atom stereocenters. The van der Waals surface area contributed by atoms with E-state index in [0.29, 0.717) is 23.5 Å². The molecule has 2 saturated heterocycles. The highest BCUT2D eigenvalue weighted by Crippen LogP contribution is 2.36. The Morgan fingerprint density at radius 2 is 2.18 bits per heavy atom. The average molecular weight is 395 g/mol. The molecule has 2 fully saturated rings. The van der Waals surface area contributed by atoms with Gasteiger partial charge in [-0.1, -0.05) is 11.6 Å². The maximum Gasteiger partial charge on any atom is 0.422 e. The molecule has 1 aliphatic carbocycles. The third-order valence-electron chi connectivity index (χ3n) is 5.43. The minimum absolute atomic E-state index is 0.275. The fourth-order valence-electron chi connectivity index (χ4n) is 4.20. The summed E-state index contributed by atoms with van der Waals surface area (Å²) in [6.45, 7) is 4.54. The number of hydrogen-bond donors (Lipinski definition) is 2. The Kier molecular flexibility index (Phi) is 5.29. The lowest BCUT2D eigenvalue weighted by molar-refractivity contribution is -0.154. The zero-order chi connectivity index (χ0) is 19.7. The number of piperazine rings is 1. The Hall–Kier alpha value is -2.13. The van der Waals surface area contributed by atoms with Gasteiger partial charge in [0.05, 0.1) is 0 Å². The molecular formula is C19H24F3N5O. The monoisotopic (exact) mass is 395 g/mol. The molecule has 6 nitrogen and oxygen atoms in total. The van der Waals surface area contributed by atoms with Gasteiger partial charge in [-0.25, -0.2) is 4.98 Å². The van der Waals surface area contributed by atoms with Gasteiger partial charge in [0.25, 0.3) is 0 Å². The van der Waals surface area contributed by atoms with Crippen molar-refractivity contribution in [1.82, 2.24) is 20.2 Å². The molecular weight excluding hydrogens is 371 g/mol. The van der Waals surface area contributed by atoms with E-state index in [2.05, 4.69) is 37.7 Å². The van der Waals surface area contributed by atoms with Gasteiger partial charge < -0.3 is 15.4 Å². The normalized spacial score (nSPS) is 25.3. The van der Waals surface area contributed by atoms with Crippen LogP contribution in [0.4, 0.5) is 19.0 Å². The molecule has 152 valence electrons. The summed E-state index contributed by atoms with van der Waals surface area (Å²) >= 11 is 0. The number of allylic oxidation sites excluding steroid dienone is 2. The molecule has 0 radical (unpaired) electrons. The van der Waals surface area contributed by atoms with Crippen LogP contribution in [0.2, 0.25) is 0 Å². The maximum atomic E-state index is 12.4. The van der Waals surface area contributed by atoms with Gasteiger partial charge in [-0.15, -0.1) is 0 Å². The van der Waals surface area contributed by atoms with Crippen molar-refractivity contribution in [2.45, 2.75) is 32.0 Å². The highest BCUT2D eigenvalue weighted by Gasteiger charge is 2.36. The fraction of sp³-hybridized carbons (Fsp3) is 0.579. The molecule has 9 heteroatoms. The zero-order valence-corrected chi connectivity index (χ0v) is 15.7. The molecule has 1 aromatic rings. The van der Waals surface area contributed by atoms with Crippen molar-refractivity contribution in [2.75, 3.05) is 38.1 Å². The summed E-state index contributed by atoms with van der Waals surface area (Å²) in [5.74, 6) is 0.952. The second kappa shape index (κ2) is 7.71. The van der Waals surface area contributed by atoms with Crippen LogP contribution in [0.15, 0.2) is 29.5 Å². The van der Waals surface area contributed by atoms with E-state index in [1.54, 1.807) is 13.0 Å². The van der Waals surface area contributed by atoms with Crippen LogP contribution in [0.5, 0.6) is 6.01 Å². The second-order valence-electron chi connectivity index (χ2n) is 7.48. The molecule has 2 atom stereocenters. The first-order valence-corrected chi connectivity index (χ1v) is 9.55. The van der Waals surface area contributed by atoms with Crippen molar-refractivity contribution in [2.24, 2.45) is 5.92 Å². The standard InChI is InChI=1S/C19H24F3N5O/c1-12-8-17(26-18(24-12)28-11-19(20,21)22)25-14-2-3-15-13(9-14)4-6-27-7-5-23-10-16(15)27/h2,8-9,15-16,23H,3-7,10-11H2,1H3,(H,24,25,26)/t15?,16-/m0/s1. The van der Waals surface area contributed by atoms with E-state index >= 15 is 0 Å². The van der Waals surface area contributed by atoms with Gasteiger partial charge in [0.1, 0.15) is 5.82 Å². The number of aromatic nitrogens is 2. The second-order valence-corrected chi connectivity index (χ2v) is 7.48. The molecule has 3 heterocycles. The zero-order valence-electron chi connectivity index (χ0n) is 15.7. The Bertz CT molecular complexity index is 792. The quantitative estimate of drug-likeness (QED) is 0.817. The molecule has 2 aliphatic heterocycles. The lowest BCUT2D eigenvalue weighted by Gasteiger charge is -2.46. The first kappa shape index (κ1) is 19.2. The van der Waals surface area contributed by atoms with Crippen LogP contribution in [0.1, 0.15) is 18.5 Å². The number of nitrogens with zero attached hydrogens (tertiary/aromatic N) is 3. The van der Waals surface area contributed by atoms with E-state index in [1.165, 1.54) is 5.57 Å². The molecule has 0 spiro atoms. The molecule has 1 aromatic heterocycles. The topological polar surface area (TPSA) is 62.3 Å². The minimum atomic E-state index is -4.42. The van der Waals surface area contributed by atoms with E-state index in [1.807, 2.05) is 0 Å². The smallest absolute Gasteiger partial charge is 0.422 e. The first-order valence-electron chi connectivity index (χ1n) is 9.55. The van der Waals surface area contributed by atoms with Crippen LogP contribution < -0.4 is 15.4 Å². The van der Waals surface area contributed by atoms with Gasteiger partial charge in [-0.2, -0.15) is 18.2 Å². The first-order chi connectivity index (χ1) is 13.4. The number of ether oxygens (including phenoxy) is 1. The average Bonchev–Trinajstić information content (AvgIpc) is 2.65. The van der Waals surface area contributed by atoms with Gasteiger partial charge in [0.2, 0.25) is 0 Å². The highest BCUT2D eigenvalue weighted by molar-refractivity contribution is 5.49. The lowest BCUT2D eigenvalue weighted by atomic mass is 9.78. The minimum Gasteiger partial charge on any atom is -0.454 e. The van der Waals surface area contributed by atoms with E-state index in [-0.39, 0.29) is 6.01 Å². The number of halogens is 3. The summed E-state index contributed by atoms with van der Waals surface area (Å²) in [5.41, 5.74) is 2.89. The fourth-order valence-corrected chi connectivity index (χ4v) is 4.20. The summed E-state index contributed by atoms with van der Waals surface area (Å²) in [4.78, 5) is 10.6. The van der Waals surface area contributed by atoms with Crippen LogP contribution in [0, 0.1) is 12.8 Å². The third-order valence-corrected chi connectivity index (χ3v) is 5.43. The number of fused-ring (bicyclic) bond motifs is 3. The van der Waals surface area contributed by atoms with Crippen LogP contribution >= 0.6 is 0 Å². The van der Waals surface area contributed by atoms with Gasteiger partial charge in [-0.05, 0) is 25.8 Å². The number of piperidine rings is 1. The van der Waals surface area contributed by atoms with Gasteiger partial charge in [0.15, 0.2) is 6.61 Å². The largest absolute Gasteiger partial charge is 0.454 e. The van der Waals surface area contributed by atoms with Gasteiger partial charge >= 0.3 is 12.2 Å². The number of anilines is 1. The molecule has 0 bridgehead atoms. The molecule has 0 aromatic carbocycles. The van der Waals surface area contributed by atoms with Crippen molar-refractivity contribution in [3.05, 3.63) is 35.2 Å². The number of rotatable bonds is 4. The molecule has 28 heavy (non-hydrogen) atoms.